The van der Waals surface area contributed by atoms with Crippen LogP contribution in [0.3, 0.4) is 0 Å². The average Bonchev–Trinajstić information content (AvgIpc) is 2.49. The topological polar surface area (TPSA) is 32.8 Å². The first-order valence-electron chi connectivity index (χ1n) is 6.68. The molecule has 0 aromatic rings. The molecule has 0 aromatic carbocycles. The molecule has 0 spiro atoms. The minimum Gasteiger partial charge on any atom is -0.444 e. The van der Waals surface area contributed by atoms with Gasteiger partial charge < -0.3 is 14.5 Å². The van der Waals surface area contributed by atoms with Gasteiger partial charge in [0.05, 0.1) is 0 Å². The molecular weight excluding hydrogens is 252 g/mol. The maximum absolute atomic E-state index is 12.0. The minimum absolute atomic E-state index is 0.193. The summed E-state index contributed by atoms with van der Waals surface area (Å²) in [6, 6.07) is 0. The zero-order valence-corrected chi connectivity index (χ0v) is 12.5. The van der Waals surface area contributed by atoms with Crippen molar-refractivity contribution in [2.75, 3.05) is 38.6 Å². The Bertz CT molecular complexity index is 266. The number of carbonyl (C=O) groups is 1. The molecule has 1 fully saturated rings. The number of nitrogens with zero attached hydrogens (tertiary/aromatic N) is 2. The SMILES string of the molecule is CC(C)(C)OC(=O)N1CCCN(CCCCl)CC1. The van der Waals surface area contributed by atoms with Gasteiger partial charge in [-0.15, -0.1) is 11.6 Å². The summed E-state index contributed by atoms with van der Waals surface area (Å²) in [7, 11) is 0. The lowest BCUT2D eigenvalue weighted by Crippen LogP contribution is -2.39. The Morgan fingerprint density at radius 2 is 1.94 bits per heavy atom. The highest BCUT2D eigenvalue weighted by Crippen LogP contribution is 2.12. The smallest absolute Gasteiger partial charge is 0.410 e. The zero-order valence-electron chi connectivity index (χ0n) is 11.7. The van der Waals surface area contributed by atoms with Crippen molar-refractivity contribution >= 4 is 17.7 Å². The van der Waals surface area contributed by atoms with Crippen LogP contribution in [0.15, 0.2) is 0 Å². The second kappa shape index (κ2) is 7.19. The van der Waals surface area contributed by atoms with Crippen LogP contribution in [0.4, 0.5) is 4.79 Å². The van der Waals surface area contributed by atoms with Crippen molar-refractivity contribution in [1.29, 1.82) is 0 Å². The third-order valence-corrected chi connectivity index (χ3v) is 3.12. The van der Waals surface area contributed by atoms with Crippen LogP contribution in [0.25, 0.3) is 0 Å². The lowest BCUT2D eigenvalue weighted by molar-refractivity contribution is 0.0258. The molecule has 0 N–H and O–H groups in total. The molecule has 0 radical (unpaired) electrons. The van der Waals surface area contributed by atoms with Gasteiger partial charge in [0.2, 0.25) is 0 Å². The number of rotatable bonds is 3. The highest BCUT2D eigenvalue weighted by atomic mass is 35.5. The van der Waals surface area contributed by atoms with E-state index in [-0.39, 0.29) is 6.09 Å². The lowest BCUT2D eigenvalue weighted by Gasteiger charge is -2.26. The molecule has 0 aliphatic carbocycles. The third kappa shape index (κ3) is 5.91. The molecule has 18 heavy (non-hydrogen) atoms. The molecule has 0 unspecified atom stereocenters. The third-order valence-electron chi connectivity index (χ3n) is 2.85. The minimum atomic E-state index is -0.415. The second-order valence-electron chi connectivity index (χ2n) is 5.71. The van der Waals surface area contributed by atoms with Gasteiger partial charge in [-0.05, 0) is 46.7 Å². The fraction of sp³-hybridized carbons (Fsp3) is 0.923. The first-order chi connectivity index (χ1) is 8.42. The fourth-order valence-corrected chi connectivity index (χ4v) is 2.11. The van der Waals surface area contributed by atoms with E-state index in [4.69, 9.17) is 16.3 Å². The van der Waals surface area contributed by atoms with Crippen LogP contribution in [0.2, 0.25) is 0 Å². The van der Waals surface area contributed by atoms with E-state index in [2.05, 4.69) is 4.90 Å². The van der Waals surface area contributed by atoms with E-state index < -0.39 is 5.60 Å². The van der Waals surface area contributed by atoms with Crippen molar-refractivity contribution in [2.45, 2.75) is 39.2 Å². The van der Waals surface area contributed by atoms with E-state index in [1.807, 2.05) is 25.7 Å². The first-order valence-corrected chi connectivity index (χ1v) is 7.22. The Hall–Kier alpha value is -0.480. The van der Waals surface area contributed by atoms with E-state index in [0.29, 0.717) is 5.88 Å². The van der Waals surface area contributed by atoms with Gasteiger partial charge in [0, 0.05) is 25.5 Å². The quantitative estimate of drug-likeness (QED) is 0.743. The van der Waals surface area contributed by atoms with E-state index in [9.17, 15) is 4.79 Å². The predicted octanol–water partition coefficient (Wildman–Crippen LogP) is 2.56. The summed E-state index contributed by atoms with van der Waals surface area (Å²) in [5, 5.41) is 0. The van der Waals surface area contributed by atoms with Crippen molar-refractivity contribution < 1.29 is 9.53 Å². The summed E-state index contributed by atoms with van der Waals surface area (Å²) < 4.78 is 5.40. The first kappa shape index (κ1) is 15.6. The number of halogens is 1. The van der Waals surface area contributed by atoms with Crippen LogP contribution in [0, 0.1) is 0 Å². The van der Waals surface area contributed by atoms with Gasteiger partial charge in [0.25, 0.3) is 0 Å². The van der Waals surface area contributed by atoms with Gasteiger partial charge in [-0.25, -0.2) is 4.79 Å². The molecule has 1 aliphatic heterocycles. The van der Waals surface area contributed by atoms with Crippen molar-refractivity contribution in [3.8, 4) is 0 Å². The summed E-state index contributed by atoms with van der Waals surface area (Å²) in [4.78, 5) is 16.1. The molecule has 1 aliphatic rings. The summed E-state index contributed by atoms with van der Waals surface area (Å²) >= 11 is 5.70. The van der Waals surface area contributed by atoms with Gasteiger partial charge in [-0.1, -0.05) is 0 Å². The lowest BCUT2D eigenvalue weighted by atomic mass is 10.2. The Morgan fingerprint density at radius 1 is 1.22 bits per heavy atom. The van der Waals surface area contributed by atoms with Gasteiger partial charge in [0.1, 0.15) is 5.60 Å². The van der Waals surface area contributed by atoms with Gasteiger partial charge in [-0.2, -0.15) is 0 Å². The second-order valence-corrected chi connectivity index (χ2v) is 6.08. The molecule has 1 rings (SSSR count). The van der Waals surface area contributed by atoms with Crippen LogP contribution in [0.1, 0.15) is 33.6 Å². The number of amides is 1. The van der Waals surface area contributed by atoms with Crippen LogP contribution in [-0.2, 0) is 4.74 Å². The van der Waals surface area contributed by atoms with Crippen LogP contribution < -0.4 is 0 Å². The van der Waals surface area contributed by atoms with Crippen molar-refractivity contribution in [1.82, 2.24) is 9.80 Å². The molecule has 0 aromatic heterocycles. The molecular formula is C13H25ClN2O2. The molecule has 1 amide bonds. The van der Waals surface area contributed by atoms with Crippen molar-refractivity contribution in [3.63, 3.8) is 0 Å². The maximum Gasteiger partial charge on any atom is 0.410 e. The maximum atomic E-state index is 12.0. The summed E-state index contributed by atoms with van der Waals surface area (Å²) in [6.45, 7) is 10.2. The Labute approximate surface area is 115 Å². The van der Waals surface area contributed by atoms with Gasteiger partial charge in [-0.3, -0.25) is 0 Å². The molecule has 0 bridgehead atoms. The predicted molar refractivity (Wildman–Crippen MR) is 74.2 cm³/mol. The van der Waals surface area contributed by atoms with E-state index in [0.717, 1.165) is 45.6 Å². The number of hydrogen-bond acceptors (Lipinski definition) is 3. The number of carbonyl (C=O) groups excluding carboxylic acids is 1. The largest absolute Gasteiger partial charge is 0.444 e. The number of hydrogen-bond donors (Lipinski definition) is 0. The zero-order chi connectivity index (χ0) is 13.6. The highest BCUT2D eigenvalue weighted by molar-refractivity contribution is 6.17. The van der Waals surface area contributed by atoms with E-state index in [1.54, 1.807) is 0 Å². The Balaban J connectivity index is 2.39. The summed E-state index contributed by atoms with van der Waals surface area (Å²) in [5.41, 5.74) is -0.415. The number of ether oxygens (including phenoxy) is 1. The standard InChI is InChI=1S/C13H25ClN2O2/c1-13(2,3)18-12(17)16-9-5-8-15(10-11-16)7-4-6-14/h4-11H2,1-3H3. The monoisotopic (exact) mass is 276 g/mol. The summed E-state index contributed by atoms with van der Waals surface area (Å²) in [6.07, 6.45) is 1.82. The molecule has 1 saturated heterocycles. The van der Waals surface area contributed by atoms with Crippen LogP contribution >= 0.6 is 11.6 Å². The van der Waals surface area contributed by atoms with Crippen LogP contribution in [0.5, 0.6) is 0 Å². The van der Waals surface area contributed by atoms with E-state index >= 15 is 0 Å². The fourth-order valence-electron chi connectivity index (χ4n) is 1.99. The van der Waals surface area contributed by atoms with Crippen molar-refractivity contribution in [2.24, 2.45) is 0 Å². The molecule has 1 heterocycles. The summed E-state index contributed by atoms with van der Waals surface area (Å²) in [5.74, 6) is 0.701. The Kier molecular flexibility index (Phi) is 6.22. The molecule has 4 nitrogen and oxygen atoms in total. The molecule has 0 saturated carbocycles. The molecule has 106 valence electrons. The van der Waals surface area contributed by atoms with Crippen LogP contribution in [-0.4, -0.2) is 60.1 Å². The number of alkyl halides is 1. The molecule has 5 heteroatoms. The average molecular weight is 277 g/mol. The van der Waals surface area contributed by atoms with Gasteiger partial charge >= 0.3 is 6.09 Å². The normalized spacial score (nSPS) is 18.6. The van der Waals surface area contributed by atoms with Crippen molar-refractivity contribution in [3.05, 3.63) is 0 Å². The molecule has 0 atom stereocenters. The van der Waals surface area contributed by atoms with Gasteiger partial charge in [0.15, 0.2) is 0 Å². The Morgan fingerprint density at radius 3 is 2.56 bits per heavy atom. The highest BCUT2D eigenvalue weighted by Gasteiger charge is 2.24. The van der Waals surface area contributed by atoms with E-state index in [1.165, 1.54) is 0 Å².